The monoisotopic (exact) mass is 325 g/mol. The molecule has 0 radical (unpaired) electrons. The smallest absolute Gasteiger partial charge is 0.251 e. The highest BCUT2D eigenvalue weighted by atomic mass is 19.1. The van der Waals surface area contributed by atoms with Crippen LogP contribution in [0.25, 0.3) is 0 Å². The molecule has 0 aromatic carbocycles. The summed E-state index contributed by atoms with van der Waals surface area (Å²) in [5, 5.41) is 3.20. The standard InChI is InChI=1S/C17H16FN5O/c1-11(14-5-4-13(18)10-21-14)22-15-6-8-19-16(23-15)9-12-3-2-7-20-17(12)24/h2-8,10-11H,9H2,1H3,(H,20,24)(H,19,22,23)/t11-/m0/s1. The molecule has 1 atom stereocenters. The number of nitrogens with zero attached hydrogens (tertiary/aromatic N) is 3. The molecule has 0 unspecified atom stereocenters. The fraction of sp³-hybridized carbons (Fsp3) is 0.176. The zero-order chi connectivity index (χ0) is 16.9. The van der Waals surface area contributed by atoms with Gasteiger partial charge in [0.25, 0.3) is 5.56 Å². The summed E-state index contributed by atoms with van der Waals surface area (Å²) in [6.07, 6.45) is 4.74. The van der Waals surface area contributed by atoms with Gasteiger partial charge in [-0.05, 0) is 31.2 Å². The van der Waals surface area contributed by atoms with Gasteiger partial charge in [-0.2, -0.15) is 0 Å². The zero-order valence-electron chi connectivity index (χ0n) is 13.0. The predicted molar refractivity (Wildman–Crippen MR) is 88.1 cm³/mol. The van der Waals surface area contributed by atoms with Gasteiger partial charge in [-0.1, -0.05) is 6.07 Å². The average molecular weight is 325 g/mol. The van der Waals surface area contributed by atoms with Gasteiger partial charge in [0.05, 0.1) is 17.9 Å². The van der Waals surface area contributed by atoms with Crippen molar-refractivity contribution in [1.29, 1.82) is 0 Å². The van der Waals surface area contributed by atoms with Crippen molar-refractivity contribution >= 4 is 5.82 Å². The number of aromatic nitrogens is 4. The molecule has 7 heteroatoms. The van der Waals surface area contributed by atoms with Crippen LogP contribution in [0.3, 0.4) is 0 Å². The first-order valence-electron chi connectivity index (χ1n) is 7.48. The van der Waals surface area contributed by atoms with Crippen LogP contribution in [0.15, 0.2) is 53.7 Å². The fourth-order valence-corrected chi connectivity index (χ4v) is 2.27. The van der Waals surface area contributed by atoms with Crippen LogP contribution in [0.5, 0.6) is 0 Å². The molecule has 0 spiro atoms. The molecular formula is C17H16FN5O. The van der Waals surface area contributed by atoms with E-state index < -0.39 is 0 Å². The molecule has 0 aliphatic heterocycles. The Morgan fingerprint density at radius 2 is 2.12 bits per heavy atom. The van der Waals surface area contributed by atoms with Crippen LogP contribution in [0.1, 0.15) is 30.0 Å². The topological polar surface area (TPSA) is 83.6 Å². The first-order valence-corrected chi connectivity index (χ1v) is 7.48. The second-order valence-corrected chi connectivity index (χ2v) is 5.33. The molecular weight excluding hydrogens is 309 g/mol. The SMILES string of the molecule is C[C@H](Nc1ccnc(Cc2ccc[nH]c2=O)n1)c1ccc(F)cn1. The Hall–Kier alpha value is -3.09. The number of hydrogen-bond acceptors (Lipinski definition) is 5. The van der Waals surface area contributed by atoms with E-state index in [1.807, 2.05) is 6.92 Å². The van der Waals surface area contributed by atoms with Crippen LogP contribution in [0, 0.1) is 5.82 Å². The summed E-state index contributed by atoms with van der Waals surface area (Å²) in [5.41, 5.74) is 1.15. The van der Waals surface area contributed by atoms with Crippen LogP contribution >= 0.6 is 0 Å². The van der Waals surface area contributed by atoms with Crippen LogP contribution in [-0.4, -0.2) is 19.9 Å². The number of halogens is 1. The van der Waals surface area contributed by atoms with Gasteiger partial charge in [0.2, 0.25) is 0 Å². The lowest BCUT2D eigenvalue weighted by molar-refractivity contribution is 0.617. The Morgan fingerprint density at radius 1 is 1.25 bits per heavy atom. The maximum Gasteiger partial charge on any atom is 0.251 e. The lowest BCUT2D eigenvalue weighted by Crippen LogP contribution is -2.14. The van der Waals surface area contributed by atoms with Crippen LogP contribution in [0.4, 0.5) is 10.2 Å². The van der Waals surface area contributed by atoms with Crippen molar-refractivity contribution < 1.29 is 4.39 Å². The van der Waals surface area contributed by atoms with Crippen molar-refractivity contribution in [3.8, 4) is 0 Å². The summed E-state index contributed by atoms with van der Waals surface area (Å²) >= 11 is 0. The third-order valence-corrected chi connectivity index (χ3v) is 3.51. The van der Waals surface area contributed by atoms with Crippen molar-refractivity contribution in [2.75, 3.05) is 5.32 Å². The summed E-state index contributed by atoms with van der Waals surface area (Å²) in [6, 6.07) is 8.09. The van der Waals surface area contributed by atoms with E-state index in [0.717, 1.165) is 0 Å². The Morgan fingerprint density at radius 3 is 2.88 bits per heavy atom. The Kier molecular flexibility index (Phi) is 4.60. The van der Waals surface area contributed by atoms with Gasteiger partial charge in [-0.25, -0.2) is 14.4 Å². The van der Waals surface area contributed by atoms with Crippen molar-refractivity contribution in [3.05, 3.63) is 82.2 Å². The predicted octanol–water partition coefficient (Wildman–Crippen LogP) is 2.46. The number of rotatable bonds is 5. The molecule has 3 aromatic heterocycles. The molecule has 3 rings (SSSR count). The van der Waals surface area contributed by atoms with E-state index in [4.69, 9.17) is 0 Å². The molecule has 24 heavy (non-hydrogen) atoms. The highest BCUT2D eigenvalue weighted by Gasteiger charge is 2.09. The van der Waals surface area contributed by atoms with Crippen LogP contribution < -0.4 is 10.9 Å². The minimum absolute atomic E-state index is 0.145. The van der Waals surface area contributed by atoms with Gasteiger partial charge >= 0.3 is 0 Å². The van der Waals surface area contributed by atoms with Gasteiger partial charge in [-0.15, -0.1) is 0 Å². The quantitative estimate of drug-likeness (QED) is 0.753. The van der Waals surface area contributed by atoms with E-state index >= 15 is 0 Å². The average Bonchev–Trinajstić information content (AvgIpc) is 2.58. The molecule has 2 N–H and O–H groups in total. The molecule has 0 aliphatic rings. The number of anilines is 1. The summed E-state index contributed by atoms with van der Waals surface area (Å²) in [4.78, 5) is 27.0. The van der Waals surface area contributed by atoms with Crippen molar-refractivity contribution in [2.45, 2.75) is 19.4 Å². The molecule has 0 fully saturated rings. The van der Waals surface area contributed by atoms with Gasteiger partial charge in [-0.3, -0.25) is 9.78 Å². The highest BCUT2D eigenvalue weighted by molar-refractivity contribution is 5.36. The second-order valence-electron chi connectivity index (χ2n) is 5.33. The molecule has 6 nitrogen and oxygen atoms in total. The zero-order valence-corrected chi connectivity index (χ0v) is 13.0. The molecule has 0 bridgehead atoms. The first-order chi connectivity index (χ1) is 11.6. The number of nitrogens with one attached hydrogen (secondary N) is 2. The van der Waals surface area contributed by atoms with E-state index in [2.05, 4.69) is 25.3 Å². The van der Waals surface area contributed by atoms with E-state index in [-0.39, 0.29) is 17.4 Å². The van der Waals surface area contributed by atoms with Gasteiger partial charge in [0, 0.05) is 24.4 Å². The molecule has 0 aliphatic carbocycles. The normalized spacial score (nSPS) is 11.9. The van der Waals surface area contributed by atoms with E-state index in [9.17, 15) is 9.18 Å². The van der Waals surface area contributed by atoms with Gasteiger partial charge < -0.3 is 10.3 Å². The van der Waals surface area contributed by atoms with Crippen LogP contribution in [0.2, 0.25) is 0 Å². The lowest BCUT2D eigenvalue weighted by Gasteiger charge is -2.14. The maximum atomic E-state index is 12.9. The Labute approximate surface area is 137 Å². The number of pyridine rings is 2. The summed E-state index contributed by atoms with van der Waals surface area (Å²) in [6.45, 7) is 1.91. The highest BCUT2D eigenvalue weighted by Crippen LogP contribution is 2.16. The van der Waals surface area contributed by atoms with Gasteiger partial charge in [0.15, 0.2) is 0 Å². The van der Waals surface area contributed by atoms with E-state index in [0.29, 0.717) is 29.3 Å². The molecule has 0 saturated carbocycles. The Balaban J connectivity index is 1.74. The molecule has 0 amide bonds. The maximum absolute atomic E-state index is 12.9. The molecule has 3 aromatic rings. The van der Waals surface area contributed by atoms with E-state index in [1.165, 1.54) is 12.3 Å². The van der Waals surface area contributed by atoms with Crippen molar-refractivity contribution in [1.82, 2.24) is 19.9 Å². The lowest BCUT2D eigenvalue weighted by atomic mass is 10.2. The molecule has 0 saturated heterocycles. The summed E-state index contributed by atoms with van der Waals surface area (Å²) in [5.74, 6) is 0.783. The Bertz CT molecular complexity index is 878. The second kappa shape index (κ2) is 6.99. The minimum atomic E-state index is -0.372. The fourth-order valence-electron chi connectivity index (χ4n) is 2.27. The minimum Gasteiger partial charge on any atom is -0.362 e. The number of H-pyrrole nitrogens is 1. The van der Waals surface area contributed by atoms with E-state index in [1.54, 1.807) is 36.7 Å². The summed E-state index contributed by atoms with van der Waals surface area (Å²) in [7, 11) is 0. The summed E-state index contributed by atoms with van der Waals surface area (Å²) < 4.78 is 12.9. The van der Waals surface area contributed by atoms with Crippen LogP contribution in [-0.2, 0) is 6.42 Å². The first kappa shape index (κ1) is 15.8. The van der Waals surface area contributed by atoms with Crippen molar-refractivity contribution in [3.63, 3.8) is 0 Å². The van der Waals surface area contributed by atoms with Crippen molar-refractivity contribution in [2.24, 2.45) is 0 Å². The van der Waals surface area contributed by atoms with Gasteiger partial charge in [0.1, 0.15) is 17.5 Å². The largest absolute Gasteiger partial charge is 0.362 e. The molecule has 3 heterocycles. The third kappa shape index (κ3) is 3.81. The third-order valence-electron chi connectivity index (χ3n) is 3.51. The number of aromatic amines is 1. The number of hydrogen-bond donors (Lipinski definition) is 2. The molecule has 122 valence electrons.